The number of hydrogen-bond donors (Lipinski definition) is 1. The van der Waals surface area contributed by atoms with E-state index < -0.39 is 0 Å². The second kappa shape index (κ2) is 9.34. The van der Waals surface area contributed by atoms with Gasteiger partial charge < -0.3 is 24.3 Å². The molecule has 4 aromatic rings. The Kier molecular flexibility index (Phi) is 5.89. The van der Waals surface area contributed by atoms with Crippen LogP contribution in [0, 0.1) is 0 Å². The zero-order chi connectivity index (χ0) is 26.8. The van der Waals surface area contributed by atoms with Crippen LogP contribution in [0.1, 0.15) is 48.8 Å². The number of pyridine rings is 1. The number of nitrogens with one attached hydrogen (secondary N) is 1. The summed E-state index contributed by atoms with van der Waals surface area (Å²) in [5.41, 5.74) is 4.45. The molecule has 1 aliphatic heterocycles. The first-order valence-electron chi connectivity index (χ1n) is 14.3. The van der Waals surface area contributed by atoms with Crippen LogP contribution in [0.2, 0.25) is 0 Å². The van der Waals surface area contributed by atoms with Crippen molar-refractivity contribution in [2.24, 2.45) is 14.1 Å². The molecule has 7 rings (SSSR count). The molecule has 0 atom stereocenters. The number of piperazine rings is 1. The Balaban J connectivity index is 1.24. The molecule has 2 saturated carbocycles. The summed E-state index contributed by atoms with van der Waals surface area (Å²) < 4.78 is 6.05. The van der Waals surface area contributed by atoms with Crippen molar-refractivity contribution in [3.8, 4) is 0 Å². The van der Waals surface area contributed by atoms with E-state index in [-0.39, 0.29) is 5.91 Å². The van der Waals surface area contributed by atoms with E-state index in [1.54, 1.807) is 0 Å². The lowest BCUT2D eigenvalue weighted by Gasteiger charge is -2.32. The van der Waals surface area contributed by atoms with Crippen molar-refractivity contribution in [2.75, 3.05) is 38.5 Å². The minimum absolute atomic E-state index is 0.142. The molecule has 1 amide bonds. The molecule has 206 valence electrons. The number of carbonyl (C=O) groups is 1. The summed E-state index contributed by atoms with van der Waals surface area (Å²) in [4.78, 5) is 30.6. The van der Waals surface area contributed by atoms with E-state index in [1.807, 2.05) is 35.7 Å². The third kappa shape index (κ3) is 4.37. The van der Waals surface area contributed by atoms with Gasteiger partial charge in [-0.25, -0.2) is 9.97 Å². The molecule has 0 aromatic carbocycles. The topological polar surface area (TPSA) is 92.3 Å². The van der Waals surface area contributed by atoms with Crippen molar-refractivity contribution >= 4 is 39.6 Å². The standard InChI is InChI=1S/C28H38N10O/c1-5-37-22(28(39)38(18-6-7-18)19-8-9-19)15-21-25-24(29-17-34(25)3)26(31-27(21)37)30-23-14-20(35(4)32-23)16-36-12-10-33(2)11-13-36/h14-15,17-19H,5-13,16H2,1-4H3,(H,30,31,32). The van der Waals surface area contributed by atoms with Crippen LogP contribution in [0.3, 0.4) is 0 Å². The average Bonchev–Trinajstić information content (AvgIpc) is 3.84. The van der Waals surface area contributed by atoms with E-state index in [1.165, 1.54) is 0 Å². The number of nitrogens with zero attached hydrogens (tertiary/aromatic N) is 9. The lowest BCUT2D eigenvalue weighted by molar-refractivity contribution is 0.0719. The Morgan fingerprint density at radius 1 is 1.05 bits per heavy atom. The molecule has 4 aromatic heterocycles. The smallest absolute Gasteiger partial charge is 0.271 e. The maximum Gasteiger partial charge on any atom is 0.271 e. The van der Waals surface area contributed by atoms with Gasteiger partial charge in [-0.15, -0.1) is 0 Å². The largest absolute Gasteiger partial charge is 0.333 e. The summed E-state index contributed by atoms with van der Waals surface area (Å²) in [5.74, 6) is 1.55. The van der Waals surface area contributed by atoms with Gasteiger partial charge in [-0.2, -0.15) is 5.10 Å². The maximum atomic E-state index is 13.8. The normalized spacial score (nSPS) is 18.9. The molecule has 1 saturated heterocycles. The summed E-state index contributed by atoms with van der Waals surface area (Å²) in [7, 11) is 6.17. The monoisotopic (exact) mass is 530 g/mol. The molecule has 0 radical (unpaired) electrons. The van der Waals surface area contributed by atoms with Crippen LogP contribution in [-0.2, 0) is 27.2 Å². The summed E-state index contributed by atoms with van der Waals surface area (Å²) >= 11 is 0. The van der Waals surface area contributed by atoms with Crippen molar-refractivity contribution in [1.82, 2.24) is 43.6 Å². The lowest BCUT2D eigenvalue weighted by Crippen LogP contribution is -2.44. The predicted molar refractivity (Wildman–Crippen MR) is 151 cm³/mol. The Bertz CT molecular complexity index is 1540. The zero-order valence-electron chi connectivity index (χ0n) is 23.4. The SMILES string of the molecule is CCn1c(C(=O)N(C2CC2)C2CC2)cc2c3c(ncn3C)c(Nc3cc(CN4CCN(C)CC4)n(C)n3)nc21. The molecule has 11 heteroatoms. The number of rotatable bonds is 8. The number of carbonyl (C=O) groups excluding carboxylic acids is 1. The molecule has 3 fully saturated rings. The van der Waals surface area contributed by atoms with Crippen LogP contribution in [0.5, 0.6) is 0 Å². The van der Waals surface area contributed by atoms with Crippen LogP contribution in [0.15, 0.2) is 18.5 Å². The van der Waals surface area contributed by atoms with E-state index in [2.05, 4.69) is 44.6 Å². The van der Waals surface area contributed by atoms with Crippen LogP contribution in [0.4, 0.5) is 11.6 Å². The molecule has 3 aliphatic rings. The summed E-state index contributed by atoms with van der Waals surface area (Å²) in [6, 6.07) is 4.95. The second-order valence-corrected chi connectivity index (χ2v) is 11.5. The Morgan fingerprint density at radius 2 is 1.77 bits per heavy atom. The second-order valence-electron chi connectivity index (χ2n) is 11.5. The van der Waals surface area contributed by atoms with Gasteiger partial charge in [0.25, 0.3) is 5.91 Å². The van der Waals surface area contributed by atoms with Gasteiger partial charge in [0.1, 0.15) is 16.9 Å². The predicted octanol–water partition coefficient (Wildman–Crippen LogP) is 2.93. The van der Waals surface area contributed by atoms with E-state index in [0.717, 1.165) is 97.7 Å². The van der Waals surface area contributed by atoms with Crippen LogP contribution < -0.4 is 5.32 Å². The summed E-state index contributed by atoms with van der Waals surface area (Å²) in [5, 5.41) is 9.19. The highest BCUT2D eigenvalue weighted by molar-refractivity contribution is 6.10. The Labute approximate surface area is 228 Å². The molecule has 5 heterocycles. The van der Waals surface area contributed by atoms with Gasteiger partial charge >= 0.3 is 0 Å². The molecule has 11 nitrogen and oxygen atoms in total. The van der Waals surface area contributed by atoms with Crippen molar-refractivity contribution in [3.05, 3.63) is 29.8 Å². The first-order chi connectivity index (χ1) is 18.9. The number of anilines is 2. The van der Waals surface area contributed by atoms with Crippen molar-refractivity contribution < 1.29 is 4.79 Å². The molecule has 39 heavy (non-hydrogen) atoms. The molecular formula is C28H38N10O. The minimum atomic E-state index is 0.142. The maximum absolute atomic E-state index is 13.8. The minimum Gasteiger partial charge on any atom is -0.333 e. The van der Waals surface area contributed by atoms with Gasteiger partial charge in [-0.3, -0.25) is 14.4 Å². The first-order valence-corrected chi connectivity index (χ1v) is 14.3. The van der Waals surface area contributed by atoms with Gasteiger partial charge in [0.15, 0.2) is 11.6 Å². The number of hydrogen-bond acceptors (Lipinski definition) is 7. The van der Waals surface area contributed by atoms with Crippen LogP contribution in [0.25, 0.3) is 22.1 Å². The summed E-state index contributed by atoms with van der Waals surface area (Å²) in [6.45, 7) is 7.92. The molecule has 2 aliphatic carbocycles. The fraction of sp³-hybridized carbons (Fsp3) is 0.571. The van der Waals surface area contributed by atoms with Crippen LogP contribution in [-0.4, -0.2) is 94.8 Å². The third-order valence-electron chi connectivity index (χ3n) is 8.56. The van der Waals surface area contributed by atoms with Crippen molar-refractivity contribution in [1.29, 1.82) is 0 Å². The van der Waals surface area contributed by atoms with Gasteiger partial charge in [0.05, 0.1) is 17.5 Å². The quantitative estimate of drug-likeness (QED) is 0.375. The number of imidazole rings is 1. The number of aryl methyl sites for hydroxylation is 3. The molecule has 0 unspecified atom stereocenters. The fourth-order valence-electron chi connectivity index (χ4n) is 6.04. The average molecular weight is 531 g/mol. The highest BCUT2D eigenvalue weighted by atomic mass is 16.2. The van der Waals surface area contributed by atoms with Gasteiger partial charge in [0, 0.05) is 76.9 Å². The highest BCUT2D eigenvalue weighted by Gasteiger charge is 2.43. The first kappa shape index (κ1) is 24.6. The third-order valence-corrected chi connectivity index (χ3v) is 8.56. The Hall–Kier alpha value is -3.44. The summed E-state index contributed by atoms with van der Waals surface area (Å²) in [6.07, 6.45) is 6.29. The number of aromatic nitrogens is 6. The van der Waals surface area contributed by atoms with E-state index in [0.29, 0.717) is 24.4 Å². The van der Waals surface area contributed by atoms with E-state index in [9.17, 15) is 4.79 Å². The number of likely N-dealkylation sites (N-methyl/N-ethyl adjacent to an activating group) is 1. The van der Waals surface area contributed by atoms with Crippen LogP contribution >= 0.6 is 0 Å². The fourth-order valence-corrected chi connectivity index (χ4v) is 6.04. The van der Waals surface area contributed by atoms with Gasteiger partial charge in [-0.1, -0.05) is 0 Å². The number of fused-ring (bicyclic) bond motifs is 3. The molecular weight excluding hydrogens is 492 g/mol. The van der Waals surface area contributed by atoms with E-state index >= 15 is 0 Å². The van der Waals surface area contributed by atoms with Gasteiger partial charge in [-0.05, 0) is 45.7 Å². The van der Waals surface area contributed by atoms with Crippen molar-refractivity contribution in [3.63, 3.8) is 0 Å². The lowest BCUT2D eigenvalue weighted by atomic mass is 10.2. The molecule has 0 spiro atoms. The van der Waals surface area contributed by atoms with Crippen molar-refractivity contribution in [2.45, 2.75) is 57.8 Å². The number of amides is 1. The molecule has 1 N–H and O–H groups in total. The Morgan fingerprint density at radius 3 is 2.44 bits per heavy atom. The zero-order valence-corrected chi connectivity index (χ0v) is 23.4. The highest BCUT2D eigenvalue weighted by Crippen LogP contribution is 2.39. The molecule has 0 bridgehead atoms. The van der Waals surface area contributed by atoms with Gasteiger partial charge in [0.2, 0.25) is 0 Å². The van der Waals surface area contributed by atoms with E-state index in [4.69, 9.17) is 15.1 Å².